The van der Waals surface area contributed by atoms with Crippen LogP contribution in [0.1, 0.15) is 112 Å². The summed E-state index contributed by atoms with van der Waals surface area (Å²) in [6.07, 6.45) is 1.94. The lowest BCUT2D eigenvalue weighted by Gasteiger charge is -2.32. The summed E-state index contributed by atoms with van der Waals surface area (Å²) in [6, 6.07) is 12.2. The summed E-state index contributed by atoms with van der Waals surface area (Å²) in [5, 5.41) is 25.3. The molecule has 348 valence electrons. The van der Waals surface area contributed by atoms with E-state index in [1.807, 2.05) is 0 Å². The van der Waals surface area contributed by atoms with Crippen molar-refractivity contribution < 1.29 is 54.7 Å². The predicted molar refractivity (Wildman–Crippen MR) is 230 cm³/mol. The van der Waals surface area contributed by atoms with Crippen molar-refractivity contribution in [1.82, 2.24) is 10.3 Å². The minimum Gasteiger partial charge on any atom is -0.405 e. The maximum absolute atomic E-state index is 12.9. The number of aromatic nitrogens is 2. The van der Waals surface area contributed by atoms with Gasteiger partial charge in [-0.05, 0) is 136 Å². The van der Waals surface area contributed by atoms with Crippen LogP contribution < -0.4 is 9.47 Å². The van der Waals surface area contributed by atoms with Crippen LogP contribution >= 0.6 is 22.6 Å². The molecular formula is C44H47F6IN8O6. The first-order valence-corrected chi connectivity index (χ1v) is 23.4. The number of halogens is 7. The maximum atomic E-state index is 12.9. The summed E-state index contributed by atoms with van der Waals surface area (Å²) in [7, 11) is 0. The minimum atomic E-state index is -4.81. The molecule has 4 unspecified atom stereocenters. The molecule has 21 heteroatoms. The van der Waals surface area contributed by atoms with Gasteiger partial charge in [-0.1, -0.05) is 67.4 Å². The average Bonchev–Trinajstić information content (AvgIpc) is 4.17. The molecule has 2 heterocycles. The third kappa shape index (κ3) is 11.5. The molecule has 4 atom stereocenters. The fraction of sp³-hybridized carbons (Fsp3) is 0.591. The van der Waals surface area contributed by atoms with Gasteiger partial charge in [-0.25, -0.2) is 0 Å². The number of hydrogen-bond donors (Lipinski definition) is 1. The molecule has 1 N–H and O–H groups in total. The summed E-state index contributed by atoms with van der Waals surface area (Å²) in [4.78, 5) is 5.87. The SMILES string of the molecule is FC(F)(F)Oc1ccccc1-c1noc(C2CC2)c1CI.[N-]=[N+]=NC1C2CCC1CC(O)C2.[N-]=[N+]=NC1C2CCC1CC(OCc1c(-c3ccccc3OC(F)(F)F)noc1C1CC1)C2. The summed E-state index contributed by atoms with van der Waals surface area (Å²) >= 11 is 2.17. The molecule has 0 saturated heterocycles. The van der Waals surface area contributed by atoms with Crippen molar-refractivity contribution in [3.05, 3.63) is 92.1 Å². The van der Waals surface area contributed by atoms with E-state index in [4.69, 9.17) is 24.8 Å². The molecule has 6 saturated carbocycles. The summed E-state index contributed by atoms with van der Waals surface area (Å²) < 4.78 is 102. The van der Waals surface area contributed by atoms with Crippen molar-refractivity contribution in [1.29, 1.82) is 0 Å². The fourth-order valence-corrected chi connectivity index (χ4v) is 10.9. The van der Waals surface area contributed by atoms with Crippen LogP contribution in [0, 0.1) is 23.7 Å². The zero-order valence-electron chi connectivity index (χ0n) is 35.0. The molecule has 65 heavy (non-hydrogen) atoms. The number of ether oxygens (including phenoxy) is 3. The summed E-state index contributed by atoms with van der Waals surface area (Å²) in [5.74, 6) is 3.03. The topological polar surface area (TPSA) is 197 Å². The molecule has 6 aliphatic carbocycles. The first-order chi connectivity index (χ1) is 31.2. The monoisotopic (exact) mass is 1020 g/mol. The molecule has 4 bridgehead atoms. The van der Waals surface area contributed by atoms with Gasteiger partial charge < -0.3 is 28.4 Å². The number of hydrogen-bond acceptors (Lipinski definition) is 10. The molecule has 10 rings (SSSR count). The van der Waals surface area contributed by atoms with Crippen molar-refractivity contribution in [3.63, 3.8) is 0 Å². The van der Waals surface area contributed by atoms with Gasteiger partial charge in [-0.2, -0.15) is 0 Å². The Bertz CT molecular complexity index is 2350. The highest BCUT2D eigenvalue weighted by atomic mass is 127. The van der Waals surface area contributed by atoms with E-state index in [0.717, 1.165) is 88.4 Å². The van der Waals surface area contributed by atoms with E-state index in [0.29, 0.717) is 62.3 Å². The van der Waals surface area contributed by atoms with Crippen LogP contribution in [-0.4, -0.2) is 52.4 Å². The second kappa shape index (κ2) is 20.0. The second-order valence-corrected chi connectivity index (χ2v) is 18.4. The normalized spacial score (nSPS) is 26.7. The largest absolute Gasteiger partial charge is 0.573 e. The van der Waals surface area contributed by atoms with Gasteiger partial charge in [0, 0.05) is 60.4 Å². The van der Waals surface area contributed by atoms with Crippen molar-refractivity contribution in [2.75, 3.05) is 0 Å². The van der Waals surface area contributed by atoms with Crippen LogP contribution in [0.25, 0.3) is 43.4 Å². The Morgan fingerprint density at radius 2 is 1.06 bits per heavy atom. The van der Waals surface area contributed by atoms with Gasteiger partial charge in [0.2, 0.25) is 0 Å². The summed E-state index contributed by atoms with van der Waals surface area (Å²) in [6.45, 7) is 0.210. The standard InChI is InChI=1S/C22H23F3N4O3.C14H11F3INO2.C8H13N3O/c23-22(24,25)31-18-4-2-1-3-16(18)20-17(21(32-28-20)12-5-6-12)11-30-15-9-13-7-8-14(10-15)19(13)27-29-26;15-14(16,17)20-11-4-2-1-3-9(11)12-10(7-18)13(21-19-12)8-5-6-8;9-11-10-8-5-1-2-6(8)4-7(12)3-5/h1-4,12-15,19H,5-11H2;1-4,8H,5-7H2;5-8,12H,1-4H2. The molecule has 2 aromatic carbocycles. The zero-order valence-corrected chi connectivity index (χ0v) is 37.2. The predicted octanol–water partition coefficient (Wildman–Crippen LogP) is 13.4. The number of benzene rings is 2. The Balaban J connectivity index is 0.000000149. The van der Waals surface area contributed by atoms with Crippen LogP contribution in [0.4, 0.5) is 26.3 Å². The minimum absolute atomic E-state index is 0.00844. The van der Waals surface area contributed by atoms with E-state index >= 15 is 0 Å². The zero-order chi connectivity index (χ0) is 45.9. The van der Waals surface area contributed by atoms with E-state index in [1.54, 1.807) is 24.3 Å². The first kappa shape index (κ1) is 46.8. The number of aliphatic hydroxyl groups excluding tert-OH is 1. The lowest BCUT2D eigenvalue weighted by atomic mass is 9.83. The molecule has 4 aromatic rings. The van der Waals surface area contributed by atoms with Gasteiger partial charge in [-0.15, -0.1) is 26.3 Å². The third-order valence-electron chi connectivity index (χ3n) is 13.3. The number of para-hydroxylation sites is 2. The van der Waals surface area contributed by atoms with E-state index < -0.39 is 12.7 Å². The fourth-order valence-electron chi connectivity index (χ4n) is 10.2. The highest BCUT2D eigenvalue weighted by molar-refractivity contribution is 14.1. The van der Waals surface area contributed by atoms with E-state index in [1.165, 1.54) is 24.3 Å². The molecule has 14 nitrogen and oxygen atoms in total. The van der Waals surface area contributed by atoms with Gasteiger partial charge in [0.25, 0.3) is 0 Å². The van der Waals surface area contributed by atoms with Crippen molar-refractivity contribution in [2.24, 2.45) is 33.9 Å². The third-order valence-corrected chi connectivity index (χ3v) is 14.0. The Morgan fingerprint density at radius 1 is 0.646 bits per heavy atom. The number of fused-ring (bicyclic) bond motifs is 4. The quantitative estimate of drug-likeness (QED) is 0.0361. The number of alkyl halides is 7. The Labute approximate surface area is 383 Å². The Morgan fingerprint density at radius 3 is 1.48 bits per heavy atom. The van der Waals surface area contributed by atoms with Crippen molar-refractivity contribution in [2.45, 2.75) is 137 Å². The van der Waals surface area contributed by atoms with Crippen molar-refractivity contribution in [3.8, 4) is 34.0 Å². The molecular weight excluding hydrogens is 977 g/mol. The first-order valence-electron chi connectivity index (χ1n) is 21.8. The lowest BCUT2D eigenvalue weighted by molar-refractivity contribution is -0.275. The summed E-state index contributed by atoms with van der Waals surface area (Å²) in [5.41, 5.74) is 20.0. The van der Waals surface area contributed by atoms with Crippen molar-refractivity contribution >= 4 is 22.6 Å². The number of azide groups is 2. The van der Waals surface area contributed by atoms with Gasteiger partial charge in [0.1, 0.15) is 34.4 Å². The van der Waals surface area contributed by atoms with Crippen LogP contribution in [-0.2, 0) is 15.8 Å². The maximum Gasteiger partial charge on any atom is 0.573 e. The number of aliphatic hydroxyl groups is 1. The molecule has 2 aromatic heterocycles. The van der Waals surface area contributed by atoms with Gasteiger partial charge >= 0.3 is 12.7 Å². The molecule has 0 amide bonds. The highest BCUT2D eigenvalue weighted by Crippen LogP contribution is 2.49. The number of rotatable bonds is 12. The van der Waals surface area contributed by atoms with Crippen LogP contribution in [0.15, 0.2) is 67.8 Å². The van der Waals surface area contributed by atoms with Crippen LogP contribution in [0.2, 0.25) is 0 Å². The molecule has 0 spiro atoms. The van der Waals surface area contributed by atoms with Gasteiger partial charge in [0.15, 0.2) is 0 Å². The average molecular weight is 1020 g/mol. The molecule has 6 fully saturated rings. The molecule has 6 aliphatic rings. The van der Waals surface area contributed by atoms with E-state index in [-0.39, 0.29) is 53.9 Å². The van der Waals surface area contributed by atoms with E-state index in [9.17, 15) is 31.4 Å². The lowest BCUT2D eigenvalue weighted by Crippen LogP contribution is -2.33. The number of nitrogens with zero attached hydrogens (tertiary/aromatic N) is 8. The van der Waals surface area contributed by atoms with Crippen LogP contribution in [0.3, 0.4) is 0 Å². The Hall–Kier alpha value is -4.69. The van der Waals surface area contributed by atoms with Gasteiger partial charge in [0.05, 0.1) is 18.8 Å². The van der Waals surface area contributed by atoms with Gasteiger partial charge in [-0.3, -0.25) is 0 Å². The second-order valence-electron chi connectivity index (χ2n) is 17.6. The molecule has 0 radical (unpaired) electrons. The Kier molecular flexibility index (Phi) is 14.4. The highest BCUT2D eigenvalue weighted by Gasteiger charge is 2.44. The van der Waals surface area contributed by atoms with E-state index in [2.05, 4.69) is 62.4 Å². The van der Waals surface area contributed by atoms with Crippen LogP contribution in [0.5, 0.6) is 11.5 Å². The smallest absolute Gasteiger partial charge is 0.405 e. The molecule has 0 aliphatic heterocycles.